The van der Waals surface area contributed by atoms with Gasteiger partial charge in [-0.3, -0.25) is 4.79 Å². The molecule has 0 aromatic heterocycles. The van der Waals surface area contributed by atoms with Crippen molar-refractivity contribution in [1.29, 1.82) is 0 Å². The molecular weight excluding hydrogens is 281 g/mol. The zero-order chi connectivity index (χ0) is 15.8. The van der Waals surface area contributed by atoms with Crippen LogP contribution >= 0.6 is 0 Å². The van der Waals surface area contributed by atoms with Crippen molar-refractivity contribution in [3.8, 4) is 5.75 Å². The predicted octanol–water partition coefficient (Wildman–Crippen LogP) is 3.21. The van der Waals surface area contributed by atoms with E-state index in [2.05, 4.69) is 5.32 Å². The number of nitrogens with one attached hydrogen (secondary N) is 1. The van der Waals surface area contributed by atoms with E-state index in [9.17, 15) is 9.18 Å². The number of methoxy groups -OCH3 is 1. The second-order valence-electron chi connectivity index (χ2n) is 4.78. The summed E-state index contributed by atoms with van der Waals surface area (Å²) in [5, 5.41) is 2.79. The first-order valence-electron chi connectivity index (χ1n) is 7.02. The minimum Gasteiger partial charge on any atom is -0.497 e. The number of benzene rings is 2. The molecule has 114 valence electrons. The van der Waals surface area contributed by atoms with Crippen LogP contribution in [-0.4, -0.2) is 19.6 Å². The molecule has 1 N–H and O–H groups in total. The van der Waals surface area contributed by atoms with Crippen molar-refractivity contribution in [2.24, 2.45) is 0 Å². The third-order valence-electron chi connectivity index (χ3n) is 3.15. The summed E-state index contributed by atoms with van der Waals surface area (Å²) in [6.45, 7) is 0.540. The van der Waals surface area contributed by atoms with Crippen LogP contribution in [0.5, 0.6) is 5.75 Å². The van der Waals surface area contributed by atoms with Crippen LogP contribution in [0.2, 0.25) is 0 Å². The Morgan fingerprint density at radius 3 is 2.68 bits per heavy atom. The number of rotatable bonds is 6. The first-order chi connectivity index (χ1) is 10.7. The molecule has 0 saturated carbocycles. The summed E-state index contributed by atoms with van der Waals surface area (Å²) in [5.41, 5.74) is 1.78. The Balaban J connectivity index is 1.77. The van der Waals surface area contributed by atoms with Gasteiger partial charge in [-0.2, -0.15) is 0 Å². The maximum absolute atomic E-state index is 13.0. The molecule has 0 saturated heterocycles. The topological polar surface area (TPSA) is 38.3 Å². The minimum absolute atomic E-state index is 0.197. The Morgan fingerprint density at radius 2 is 2.00 bits per heavy atom. The normalized spacial score (nSPS) is 10.6. The Morgan fingerprint density at radius 1 is 1.23 bits per heavy atom. The van der Waals surface area contributed by atoms with Crippen LogP contribution < -0.4 is 10.1 Å². The quantitative estimate of drug-likeness (QED) is 0.832. The second-order valence-corrected chi connectivity index (χ2v) is 4.78. The molecule has 1 amide bonds. The number of hydrogen-bond donors (Lipinski definition) is 1. The highest BCUT2D eigenvalue weighted by atomic mass is 19.1. The van der Waals surface area contributed by atoms with Gasteiger partial charge in [-0.05, 0) is 47.9 Å². The summed E-state index contributed by atoms with van der Waals surface area (Å²) in [6.07, 6.45) is 3.73. The van der Waals surface area contributed by atoms with Gasteiger partial charge in [-0.25, -0.2) is 4.39 Å². The zero-order valence-corrected chi connectivity index (χ0v) is 12.4. The van der Waals surface area contributed by atoms with Crippen LogP contribution in [0, 0.1) is 5.82 Å². The van der Waals surface area contributed by atoms with E-state index >= 15 is 0 Å². The summed E-state index contributed by atoms with van der Waals surface area (Å²) < 4.78 is 18.1. The van der Waals surface area contributed by atoms with Gasteiger partial charge in [-0.15, -0.1) is 0 Å². The summed E-state index contributed by atoms with van der Waals surface area (Å²) in [6, 6.07) is 13.8. The van der Waals surface area contributed by atoms with Crippen molar-refractivity contribution < 1.29 is 13.9 Å². The van der Waals surface area contributed by atoms with E-state index in [4.69, 9.17) is 4.74 Å². The van der Waals surface area contributed by atoms with Gasteiger partial charge in [0.15, 0.2) is 0 Å². The fourth-order valence-electron chi connectivity index (χ4n) is 1.96. The van der Waals surface area contributed by atoms with Gasteiger partial charge in [0.05, 0.1) is 7.11 Å². The lowest BCUT2D eigenvalue weighted by Crippen LogP contribution is -2.23. The molecule has 0 bridgehead atoms. The molecule has 0 atom stereocenters. The van der Waals surface area contributed by atoms with Crippen LogP contribution in [0.4, 0.5) is 4.39 Å². The van der Waals surface area contributed by atoms with Crippen molar-refractivity contribution >= 4 is 12.0 Å². The van der Waals surface area contributed by atoms with Gasteiger partial charge >= 0.3 is 0 Å². The smallest absolute Gasteiger partial charge is 0.244 e. The third-order valence-corrected chi connectivity index (χ3v) is 3.15. The fraction of sp³-hybridized carbons (Fsp3) is 0.167. The molecule has 0 aliphatic carbocycles. The van der Waals surface area contributed by atoms with E-state index in [1.54, 1.807) is 25.3 Å². The average molecular weight is 299 g/mol. The van der Waals surface area contributed by atoms with E-state index < -0.39 is 0 Å². The Labute approximate surface area is 129 Å². The highest BCUT2D eigenvalue weighted by Crippen LogP contribution is 2.11. The van der Waals surface area contributed by atoms with Crippen LogP contribution in [0.25, 0.3) is 6.08 Å². The Bertz CT molecular complexity index is 650. The maximum atomic E-state index is 13.0. The standard InChI is InChI=1S/C18H18FNO2/c1-22-17-8-5-14(6-9-17)11-12-20-18(21)10-7-15-3-2-4-16(19)13-15/h2-10,13H,11-12H2,1H3,(H,20,21)/b10-7+. The molecule has 0 spiro atoms. The van der Waals surface area contributed by atoms with Gasteiger partial charge < -0.3 is 10.1 Å². The number of hydrogen-bond acceptors (Lipinski definition) is 2. The van der Waals surface area contributed by atoms with Gasteiger partial charge in [0.1, 0.15) is 11.6 Å². The van der Waals surface area contributed by atoms with Crippen molar-refractivity contribution in [3.05, 3.63) is 71.6 Å². The van der Waals surface area contributed by atoms with Gasteiger partial charge in [0.25, 0.3) is 0 Å². The molecule has 0 heterocycles. The predicted molar refractivity (Wildman–Crippen MR) is 85.1 cm³/mol. The summed E-state index contributed by atoms with van der Waals surface area (Å²) in [4.78, 5) is 11.7. The van der Waals surface area contributed by atoms with Crippen molar-refractivity contribution in [2.75, 3.05) is 13.7 Å². The molecule has 2 aromatic carbocycles. The fourth-order valence-corrected chi connectivity index (χ4v) is 1.96. The molecule has 22 heavy (non-hydrogen) atoms. The first kappa shape index (κ1) is 15.8. The lowest BCUT2D eigenvalue weighted by Gasteiger charge is -2.04. The summed E-state index contributed by atoms with van der Waals surface area (Å²) in [5.74, 6) is 0.297. The number of halogens is 1. The van der Waals surface area contributed by atoms with Crippen LogP contribution in [0.15, 0.2) is 54.6 Å². The monoisotopic (exact) mass is 299 g/mol. The lowest BCUT2D eigenvalue weighted by molar-refractivity contribution is -0.116. The van der Waals surface area contributed by atoms with E-state index in [0.29, 0.717) is 12.1 Å². The number of amides is 1. The first-order valence-corrected chi connectivity index (χ1v) is 7.02. The highest BCUT2D eigenvalue weighted by Gasteiger charge is 1.98. The number of ether oxygens (including phenoxy) is 1. The molecule has 0 unspecified atom stereocenters. The van der Waals surface area contributed by atoms with Crippen molar-refractivity contribution in [1.82, 2.24) is 5.32 Å². The molecular formula is C18H18FNO2. The van der Waals surface area contributed by atoms with E-state index in [0.717, 1.165) is 17.7 Å². The van der Waals surface area contributed by atoms with Crippen LogP contribution in [-0.2, 0) is 11.2 Å². The molecule has 4 heteroatoms. The largest absolute Gasteiger partial charge is 0.497 e. The lowest BCUT2D eigenvalue weighted by atomic mass is 10.1. The zero-order valence-electron chi connectivity index (χ0n) is 12.4. The van der Waals surface area contributed by atoms with Gasteiger partial charge in [0, 0.05) is 12.6 Å². The maximum Gasteiger partial charge on any atom is 0.244 e. The van der Waals surface area contributed by atoms with Crippen LogP contribution in [0.1, 0.15) is 11.1 Å². The van der Waals surface area contributed by atoms with Crippen LogP contribution in [0.3, 0.4) is 0 Å². The molecule has 2 aromatic rings. The SMILES string of the molecule is COc1ccc(CCNC(=O)/C=C/c2cccc(F)c2)cc1. The number of carbonyl (C=O) groups is 1. The molecule has 2 rings (SSSR count). The molecule has 0 fully saturated rings. The van der Waals surface area contributed by atoms with Gasteiger partial charge in [0.2, 0.25) is 5.91 Å². The third kappa shape index (κ3) is 5.05. The van der Waals surface area contributed by atoms with Crippen molar-refractivity contribution in [2.45, 2.75) is 6.42 Å². The Kier molecular flexibility index (Phi) is 5.72. The second kappa shape index (κ2) is 7.98. The molecule has 0 aliphatic rings. The van der Waals surface area contributed by atoms with Gasteiger partial charge in [-0.1, -0.05) is 24.3 Å². The molecule has 0 aliphatic heterocycles. The minimum atomic E-state index is -0.318. The number of carbonyl (C=O) groups excluding carboxylic acids is 1. The average Bonchev–Trinajstić information content (AvgIpc) is 2.54. The molecule has 0 radical (unpaired) electrons. The Hall–Kier alpha value is -2.62. The summed E-state index contributed by atoms with van der Waals surface area (Å²) >= 11 is 0. The summed E-state index contributed by atoms with van der Waals surface area (Å²) in [7, 11) is 1.63. The van der Waals surface area contributed by atoms with Crippen molar-refractivity contribution in [3.63, 3.8) is 0 Å². The highest BCUT2D eigenvalue weighted by molar-refractivity contribution is 5.91. The van der Waals surface area contributed by atoms with E-state index in [1.165, 1.54) is 18.2 Å². The van der Waals surface area contributed by atoms with E-state index in [1.807, 2.05) is 24.3 Å². The van der Waals surface area contributed by atoms with E-state index in [-0.39, 0.29) is 11.7 Å². The molecule has 3 nitrogen and oxygen atoms in total.